The Bertz CT molecular complexity index is 642. The predicted octanol–water partition coefficient (Wildman–Crippen LogP) is 1.45. The fourth-order valence-corrected chi connectivity index (χ4v) is 3.48. The van der Waals surface area contributed by atoms with Gasteiger partial charge in [0.15, 0.2) is 0 Å². The van der Waals surface area contributed by atoms with Crippen LogP contribution >= 0.6 is 0 Å². The molecule has 0 spiro atoms. The van der Waals surface area contributed by atoms with Crippen LogP contribution in [0.15, 0.2) is 29.2 Å². The molecule has 1 aliphatic heterocycles. The number of carboxylic acid groups (broad SMARTS) is 1. The zero-order valence-corrected chi connectivity index (χ0v) is 13.7. The van der Waals surface area contributed by atoms with Crippen molar-refractivity contribution in [3.8, 4) is 0 Å². The molecule has 2 N–H and O–H groups in total. The molecule has 0 unspecified atom stereocenters. The van der Waals surface area contributed by atoms with Crippen LogP contribution in [-0.4, -0.2) is 55.4 Å². The van der Waals surface area contributed by atoms with E-state index in [0.29, 0.717) is 13.0 Å². The number of amides is 1. The van der Waals surface area contributed by atoms with Crippen LogP contribution in [0.3, 0.4) is 0 Å². The minimum atomic E-state index is -3.84. The van der Waals surface area contributed by atoms with Crippen LogP contribution in [0, 0.1) is 12.8 Å². The number of nitrogens with zero attached hydrogens (tertiary/aromatic N) is 1. The maximum absolute atomic E-state index is 12.0. The van der Waals surface area contributed by atoms with Gasteiger partial charge in [-0.25, -0.2) is 4.79 Å². The summed E-state index contributed by atoms with van der Waals surface area (Å²) in [6, 6.07) is 6.32. The van der Waals surface area contributed by atoms with Crippen LogP contribution in [0.1, 0.15) is 18.4 Å². The third kappa shape index (κ3) is 4.66. The fraction of sp³-hybridized carbons (Fsp3) is 0.533. The molecule has 1 aliphatic rings. The molecule has 128 valence electrons. The SMILES string of the molecule is Cc1ccc(S(=O)(=O)OCC[C@@H](O)[C@H]2CCN(C(=O)O)C2)cc1. The Kier molecular flexibility index (Phi) is 5.61. The van der Waals surface area contributed by atoms with Crippen molar-refractivity contribution in [3.63, 3.8) is 0 Å². The number of hydrogen-bond acceptors (Lipinski definition) is 5. The molecule has 23 heavy (non-hydrogen) atoms. The van der Waals surface area contributed by atoms with E-state index in [0.717, 1.165) is 5.56 Å². The molecule has 1 saturated heterocycles. The van der Waals surface area contributed by atoms with E-state index in [-0.39, 0.29) is 30.4 Å². The number of carbonyl (C=O) groups is 1. The van der Waals surface area contributed by atoms with E-state index in [9.17, 15) is 18.3 Å². The highest BCUT2D eigenvalue weighted by Crippen LogP contribution is 2.22. The summed E-state index contributed by atoms with van der Waals surface area (Å²) in [5, 5.41) is 18.9. The third-order valence-electron chi connectivity index (χ3n) is 4.00. The molecule has 1 aromatic rings. The zero-order chi connectivity index (χ0) is 17.0. The van der Waals surface area contributed by atoms with Crippen LogP contribution in [0.5, 0.6) is 0 Å². The summed E-state index contributed by atoms with van der Waals surface area (Å²) in [7, 11) is -3.84. The number of aryl methyl sites for hydroxylation is 1. The van der Waals surface area contributed by atoms with Gasteiger partial charge in [0.2, 0.25) is 0 Å². The summed E-state index contributed by atoms with van der Waals surface area (Å²) in [5.74, 6) is -0.184. The smallest absolute Gasteiger partial charge is 0.407 e. The van der Waals surface area contributed by atoms with Gasteiger partial charge in [-0.15, -0.1) is 0 Å². The lowest BCUT2D eigenvalue weighted by atomic mass is 9.99. The molecular formula is C15H21NO6S. The zero-order valence-electron chi connectivity index (χ0n) is 12.9. The van der Waals surface area contributed by atoms with Gasteiger partial charge in [0.25, 0.3) is 10.1 Å². The first kappa shape index (κ1) is 17.7. The Morgan fingerprint density at radius 3 is 2.61 bits per heavy atom. The van der Waals surface area contributed by atoms with Crippen molar-refractivity contribution in [2.75, 3.05) is 19.7 Å². The monoisotopic (exact) mass is 343 g/mol. The van der Waals surface area contributed by atoms with Gasteiger partial charge in [-0.1, -0.05) is 17.7 Å². The maximum atomic E-state index is 12.0. The van der Waals surface area contributed by atoms with Crippen molar-refractivity contribution >= 4 is 16.2 Å². The average Bonchev–Trinajstić information content (AvgIpc) is 2.97. The first-order chi connectivity index (χ1) is 10.8. The first-order valence-corrected chi connectivity index (χ1v) is 8.82. The van der Waals surface area contributed by atoms with Gasteiger partial charge in [-0.05, 0) is 31.9 Å². The van der Waals surface area contributed by atoms with Gasteiger partial charge >= 0.3 is 6.09 Å². The number of rotatable bonds is 6. The van der Waals surface area contributed by atoms with E-state index in [4.69, 9.17) is 9.29 Å². The molecule has 1 fully saturated rings. The van der Waals surface area contributed by atoms with Gasteiger partial charge in [-0.3, -0.25) is 4.18 Å². The van der Waals surface area contributed by atoms with Gasteiger partial charge in [0.05, 0.1) is 17.6 Å². The van der Waals surface area contributed by atoms with E-state index in [1.165, 1.54) is 17.0 Å². The Hall–Kier alpha value is -1.64. The number of hydrogen-bond donors (Lipinski definition) is 2. The van der Waals surface area contributed by atoms with Crippen LogP contribution in [0.25, 0.3) is 0 Å². The summed E-state index contributed by atoms with van der Waals surface area (Å²) < 4.78 is 28.9. The minimum Gasteiger partial charge on any atom is -0.465 e. The molecule has 8 heteroatoms. The lowest BCUT2D eigenvalue weighted by Gasteiger charge is -2.18. The van der Waals surface area contributed by atoms with Crippen molar-refractivity contribution in [2.24, 2.45) is 5.92 Å². The highest BCUT2D eigenvalue weighted by molar-refractivity contribution is 7.86. The number of aliphatic hydroxyl groups is 1. The van der Waals surface area contributed by atoms with E-state index >= 15 is 0 Å². The minimum absolute atomic E-state index is 0.0792. The quantitative estimate of drug-likeness (QED) is 0.758. The lowest BCUT2D eigenvalue weighted by Crippen LogP contribution is -2.30. The number of benzene rings is 1. The van der Waals surface area contributed by atoms with E-state index in [1.54, 1.807) is 12.1 Å². The standard InChI is InChI=1S/C15H21NO6S/c1-11-2-4-13(5-3-11)23(20,21)22-9-7-14(17)12-6-8-16(10-12)15(18)19/h2-5,12,14,17H,6-10H2,1H3,(H,18,19)/t12-,14+/m0/s1. The Morgan fingerprint density at radius 2 is 2.04 bits per heavy atom. The summed E-state index contributed by atoms with van der Waals surface area (Å²) in [4.78, 5) is 12.2. The van der Waals surface area contributed by atoms with Gasteiger partial charge < -0.3 is 15.1 Å². The van der Waals surface area contributed by atoms with E-state index in [2.05, 4.69) is 0 Å². The van der Waals surface area contributed by atoms with Gasteiger partial charge in [0.1, 0.15) is 0 Å². The van der Waals surface area contributed by atoms with Crippen LogP contribution in [-0.2, 0) is 14.3 Å². The van der Waals surface area contributed by atoms with Crippen molar-refractivity contribution in [2.45, 2.75) is 30.8 Å². The molecule has 1 aromatic carbocycles. The van der Waals surface area contributed by atoms with Crippen molar-refractivity contribution in [3.05, 3.63) is 29.8 Å². The summed E-state index contributed by atoms with van der Waals surface area (Å²) in [5.41, 5.74) is 0.948. The first-order valence-electron chi connectivity index (χ1n) is 7.41. The molecule has 0 aromatic heterocycles. The Balaban J connectivity index is 1.82. The predicted molar refractivity (Wildman–Crippen MR) is 82.6 cm³/mol. The largest absolute Gasteiger partial charge is 0.465 e. The molecule has 0 aliphatic carbocycles. The molecule has 1 amide bonds. The second-order valence-corrected chi connectivity index (χ2v) is 7.34. The molecule has 2 atom stereocenters. The number of aliphatic hydroxyl groups excluding tert-OH is 1. The summed E-state index contributed by atoms with van der Waals surface area (Å²) in [6.07, 6.45) is -1.08. The van der Waals surface area contributed by atoms with Crippen LogP contribution in [0.4, 0.5) is 4.79 Å². The highest BCUT2D eigenvalue weighted by atomic mass is 32.2. The molecule has 0 bridgehead atoms. The van der Waals surface area contributed by atoms with Gasteiger partial charge in [-0.2, -0.15) is 8.42 Å². The van der Waals surface area contributed by atoms with E-state index in [1.807, 2.05) is 6.92 Å². The van der Waals surface area contributed by atoms with Crippen LogP contribution < -0.4 is 0 Å². The third-order valence-corrected chi connectivity index (χ3v) is 5.33. The molecule has 2 rings (SSSR count). The Labute approximate surface area is 135 Å². The number of likely N-dealkylation sites (tertiary alicyclic amines) is 1. The molecule has 1 heterocycles. The van der Waals surface area contributed by atoms with E-state index < -0.39 is 22.3 Å². The summed E-state index contributed by atoms with van der Waals surface area (Å²) >= 11 is 0. The van der Waals surface area contributed by atoms with Gasteiger partial charge in [0, 0.05) is 19.0 Å². The van der Waals surface area contributed by atoms with Crippen molar-refractivity contribution in [1.29, 1.82) is 0 Å². The highest BCUT2D eigenvalue weighted by Gasteiger charge is 2.31. The normalized spacial score (nSPS) is 19.7. The fourth-order valence-electron chi connectivity index (χ4n) is 2.56. The second-order valence-electron chi connectivity index (χ2n) is 5.72. The lowest BCUT2D eigenvalue weighted by molar-refractivity contribution is 0.0855. The molecule has 0 radical (unpaired) electrons. The van der Waals surface area contributed by atoms with Crippen LogP contribution in [0.2, 0.25) is 0 Å². The molecular weight excluding hydrogens is 322 g/mol. The average molecular weight is 343 g/mol. The maximum Gasteiger partial charge on any atom is 0.407 e. The molecule has 7 nitrogen and oxygen atoms in total. The Morgan fingerprint density at radius 1 is 1.39 bits per heavy atom. The topological polar surface area (TPSA) is 104 Å². The van der Waals surface area contributed by atoms with Crippen molar-refractivity contribution < 1.29 is 27.6 Å². The molecule has 0 saturated carbocycles. The second kappa shape index (κ2) is 7.29. The van der Waals surface area contributed by atoms with Crippen molar-refractivity contribution in [1.82, 2.24) is 4.90 Å². The summed E-state index contributed by atoms with van der Waals surface area (Å²) in [6.45, 7) is 2.37.